The molecule has 6 N–H and O–H groups in total. The number of aromatic amines is 1. The number of hydrogen-bond acceptors (Lipinski definition) is 12. The van der Waals surface area contributed by atoms with E-state index < -0.39 is 49.4 Å². The van der Waals surface area contributed by atoms with E-state index in [0.717, 1.165) is 49.6 Å². The number of aromatic nitrogens is 4. The maximum atomic E-state index is 13.0. The van der Waals surface area contributed by atoms with Gasteiger partial charge in [-0.3, -0.25) is 19.4 Å². The van der Waals surface area contributed by atoms with Crippen molar-refractivity contribution in [1.29, 1.82) is 0 Å². The molecule has 0 aromatic heterocycles. The van der Waals surface area contributed by atoms with Crippen LogP contribution in [0.2, 0.25) is 0 Å². The summed E-state index contributed by atoms with van der Waals surface area (Å²) in [4.78, 5) is 75.1. The molecule has 2 aliphatic rings. The zero-order chi connectivity index (χ0) is 49.3. The Morgan fingerprint density at radius 3 is 1.80 bits per heavy atom. The van der Waals surface area contributed by atoms with E-state index in [1.807, 2.05) is 20.9 Å². The average Bonchev–Trinajstić information content (AvgIpc) is 3.35. The van der Waals surface area contributed by atoms with Gasteiger partial charge in [-0.25, -0.2) is 9.78 Å². The Morgan fingerprint density at radius 2 is 1.23 bits per heavy atom. The number of amides is 2. The van der Waals surface area contributed by atoms with E-state index in [-0.39, 0.29) is 42.7 Å². The van der Waals surface area contributed by atoms with E-state index in [1.165, 1.54) is 20.5 Å². The van der Waals surface area contributed by atoms with Crippen LogP contribution in [0.1, 0.15) is 62.5 Å². The first kappa shape index (κ1) is 52.2. The summed E-state index contributed by atoms with van der Waals surface area (Å²) in [7, 11) is -0.358. The van der Waals surface area contributed by atoms with Crippen molar-refractivity contribution in [3.05, 3.63) is 135 Å². The second kappa shape index (κ2) is 25.4. The minimum absolute atomic E-state index is 0.00964. The third-order valence-corrected chi connectivity index (χ3v) is 17.7. The molecule has 368 valence electrons. The summed E-state index contributed by atoms with van der Waals surface area (Å²) >= 11 is 0. The number of aliphatic hydroxyl groups excluding tert-OH is 3. The minimum Gasteiger partial charge on any atom is -0.0460 e. The van der Waals surface area contributed by atoms with Crippen molar-refractivity contribution in [1.82, 2.24) is 35.1 Å². The van der Waals surface area contributed by atoms with Gasteiger partial charge < -0.3 is 29.9 Å². The molecule has 2 amide bonds. The molecule has 17 heteroatoms. The third kappa shape index (κ3) is 14.2. The van der Waals surface area contributed by atoms with Crippen LogP contribution in [0.3, 0.4) is 0 Å². The summed E-state index contributed by atoms with van der Waals surface area (Å²) in [6.07, 6.45) is -0.279. The summed E-state index contributed by atoms with van der Waals surface area (Å²) in [6.45, 7) is 5.45. The van der Waals surface area contributed by atoms with E-state index >= 15 is 0 Å². The number of unbranched alkanes of at least 4 members (excludes halogenated alkanes) is 1. The summed E-state index contributed by atoms with van der Waals surface area (Å²) in [5.41, 5.74) is 0.817. The number of nitrogens with one attached hydrogen (secondary N) is 3. The minimum atomic E-state index is -2.38. The normalized spacial score (nSPS) is 13.3. The fourth-order valence-corrected chi connectivity index (χ4v) is 13.6. The predicted molar refractivity (Wildman–Crippen MR) is 271 cm³/mol. The molecule has 2 aliphatic heterocycles. The van der Waals surface area contributed by atoms with Crippen LogP contribution in [-0.4, -0.2) is 122 Å². The van der Waals surface area contributed by atoms with Crippen molar-refractivity contribution in [3.63, 3.8) is 0 Å². The Labute approximate surface area is 402 Å². The van der Waals surface area contributed by atoms with Gasteiger partial charge in [-0.2, -0.15) is 4.98 Å². The molecule has 0 bridgehead atoms. The van der Waals surface area contributed by atoms with Crippen molar-refractivity contribution in [2.24, 2.45) is 0 Å². The van der Waals surface area contributed by atoms with E-state index in [9.17, 15) is 39.3 Å². The molecule has 6 rings (SSSR count). The molecule has 0 aliphatic carbocycles. The number of fused-ring (bicyclic) bond motifs is 2. The number of hydrogen-bond donors (Lipinski definition) is 6. The van der Waals surface area contributed by atoms with E-state index in [1.54, 1.807) is 12.1 Å². The molecule has 2 heterocycles. The zero-order valence-corrected chi connectivity index (χ0v) is 40.7. The second-order valence-electron chi connectivity index (χ2n) is 17.8. The standard InChI is InChI=1S/C52H66N7O9P/c1-36-32-41-42(33-37(36)2)59(50-48(55-41)51(66)57-52(67)56-50)34-43(60)49(65)44(61)35-68-47(64)26-14-13-24-45(62)53-27-16-29-58(3)30-17-28-54-46(63)25-15-31-69(38-18-7-4-8-19-38,39-20-9-5-10-21-39)40-22-11-6-12-23-40/h4-12,18-23,32-33,43-44,49,60-61,65,69H,13-17,24-31,34-35H2,1-3H3,(H,53,62)(H,54,63)(H,57,66,67)/t43-,44+,49-/m0/s1. The van der Waals surface area contributed by atoms with Crippen LogP contribution in [-0.2, 0) is 25.7 Å². The molecule has 4 aromatic rings. The molecular formula is C52H66N7O9P. The molecule has 16 nitrogen and oxygen atoms in total. The molecular weight excluding hydrogens is 898 g/mol. The van der Waals surface area contributed by atoms with Crippen LogP contribution in [0.5, 0.6) is 0 Å². The Balaban J connectivity index is 0.823. The number of aryl methyl sites for hydroxylation is 2. The second-order valence-corrected chi connectivity index (χ2v) is 21.8. The number of rotatable bonds is 26. The van der Waals surface area contributed by atoms with Gasteiger partial charge in [0.15, 0.2) is 11.5 Å². The monoisotopic (exact) mass is 963 g/mol. The van der Waals surface area contributed by atoms with Gasteiger partial charge in [0.1, 0.15) is 24.9 Å². The number of ether oxygens (including phenoxy) is 1. The fraction of sp³-hybridized carbons (Fsp3) is 0.404. The third-order valence-electron chi connectivity index (χ3n) is 12.7. The number of carbonyl (C=O) groups excluding carboxylic acids is 3. The molecule has 0 fully saturated rings. The Hall–Kier alpha value is -6.16. The smallest absolute Gasteiger partial charge is 0.0460 e. The van der Waals surface area contributed by atoms with Crippen molar-refractivity contribution in [3.8, 4) is 11.5 Å². The quantitative estimate of drug-likeness (QED) is 0.0200. The maximum Gasteiger partial charge on any atom is 0.0688 e. The van der Waals surface area contributed by atoms with Crippen molar-refractivity contribution < 1.29 is 34.4 Å². The number of aliphatic hydroxyl groups is 3. The van der Waals surface area contributed by atoms with Crippen LogP contribution in [0.4, 0.5) is 0 Å². The van der Waals surface area contributed by atoms with Gasteiger partial charge in [-0.15, -0.1) is 0 Å². The number of carbonyl (C=O) groups is 3. The van der Waals surface area contributed by atoms with Gasteiger partial charge in [-0.05, 0) is 49.9 Å². The topological polar surface area (TPSA) is 229 Å². The molecule has 0 radical (unpaired) electrons. The Morgan fingerprint density at radius 1 is 0.710 bits per heavy atom. The van der Waals surface area contributed by atoms with Crippen molar-refractivity contribution >= 4 is 52.0 Å². The van der Waals surface area contributed by atoms with Crippen molar-refractivity contribution in [2.45, 2.75) is 90.1 Å². The van der Waals surface area contributed by atoms with Gasteiger partial charge >= 0.3 is 212 Å². The van der Waals surface area contributed by atoms with Gasteiger partial charge in [-0.1, -0.05) is 0 Å². The number of esters is 1. The molecule has 0 saturated carbocycles. The van der Waals surface area contributed by atoms with E-state index in [0.29, 0.717) is 43.4 Å². The van der Waals surface area contributed by atoms with Crippen LogP contribution >= 0.6 is 7.26 Å². The predicted octanol–water partition coefficient (Wildman–Crippen LogP) is 2.84. The van der Waals surface area contributed by atoms with Gasteiger partial charge in [0, 0.05) is 12.8 Å². The summed E-state index contributed by atoms with van der Waals surface area (Å²) in [5.74, 6) is -0.795. The fourth-order valence-electron chi connectivity index (χ4n) is 8.75. The Bertz CT molecular complexity index is 2610. The number of nitrogens with zero attached hydrogens (tertiary/aromatic N) is 4. The number of H-pyrrole nitrogens is 1. The summed E-state index contributed by atoms with van der Waals surface area (Å²) in [5, 5.41) is 42.4. The van der Waals surface area contributed by atoms with Gasteiger partial charge in [0.2, 0.25) is 5.91 Å². The SMILES string of the molecule is Cc1cc2nc3c(=O)[nH]c(=O)nc-3n(C[C@H](O)[C@H](O)[C@H](O)COC(=O)CCCCC(=O)NCCCN(C)CCCNC(=O)CCC[PH](c3ccccc3)(c3ccccc3)c3ccccc3)c2cc1C. The maximum absolute atomic E-state index is 13.0. The van der Waals surface area contributed by atoms with E-state index in [4.69, 9.17) is 4.74 Å². The molecule has 0 saturated heterocycles. The van der Waals surface area contributed by atoms with Crippen LogP contribution in [0, 0.1) is 13.8 Å². The molecule has 3 atom stereocenters. The summed E-state index contributed by atoms with van der Waals surface area (Å²) < 4.78 is 6.54. The van der Waals surface area contributed by atoms with Crippen LogP contribution in [0.15, 0.2) is 113 Å². The average molecular weight is 964 g/mol. The van der Waals surface area contributed by atoms with Gasteiger partial charge in [0.25, 0.3) is 5.56 Å². The first-order valence-corrected chi connectivity index (χ1v) is 26.0. The first-order valence-electron chi connectivity index (χ1n) is 23.8. The number of benzene rings is 4. The first-order chi connectivity index (χ1) is 33.3. The van der Waals surface area contributed by atoms with Crippen molar-refractivity contribution in [2.75, 3.05) is 46.0 Å². The molecule has 0 unspecified atom stereocenters. The molecule has 0 spiro atoms. The molecule has 69 heavy (non-hydrogen) atoms. The largest absolute Gasteiger partial charge is 0.0688 e. The molecule has 4 aromatic carbocycles. The Kier molecular flexibility index (Phi) is 19.3. The van der Waals surface area contributed by atoms with Crippen LogP contribution < -0.4 is 37.8 Å². The van der Waals surface area contributed by atoms with Gasteiger partial charge in [0.05, 0.1) is 17.6 Å². The zero-order valence-electron chi connectivity index (χ0n) is 39.7. The summed E-state index contributed by atoms with van der Waals surface area (Å²) in [6, 6.07) is 35.7. The van der Waals surface area contributed by atoms with Crippen LogP contribution in [0.25, 0.3) is 22.6 Å². The van der Waals surface area contributed by atoms with E-state index in [2.05, 4.69) is 121 Å².